The smallest absolute Gasteiger partial charge is 0.416 e. The first kappa shape index (κ1) is 25.1. The van der Waals surface area contributed by atoms with Crippen LogP contribution in [0, 0.1) is 0 Å². The van der Waals surface area contributed by atoms with Gasteiger partial charge in [-0.05, 0) is 47.5 Å². The predicted molar refractivity (Wildman–Crippen MR) is 117 cm³/mol. The van der Waals surface area contributed by atoms with Crippen molar-refractivity contribution in [3.63, 3.8) is 0 Å². The molecule has 2 N–H and O–H groups in total. The van der Waals surface area contributed by atoms with Gasteiger partial charge in [0.05, 0.1) is 28.3 Å². The quantitative estimate of drug-likeness (QED) is 0.437. The zero-order valence-electron chi connectivity index (χ0n) is 17.8. The maximum absolute atomic E-state index is 13.3. The van der Waals surface area contributed by atoms with E-state index >= 15 is 0 Å². The molecule has 0 fully saturated rings. The normalized spacial score (nSPS) is 11.8. The summed E-state index contributed by atoms with van der Waals surface area (Å²) < 4.78 is 78.6. The summed E-state index contributed by atoms with van der Waals surface area (Å²) in [5.41, 5.74) is -0.341. The number of benzene rings is 3. The van der Waals surface area contributed by atoms with E-state index in [1.807, 2.05) is 0 Å². The summed E-state index contributed by atoms with van der Waals surface area (Å²) in [5.74, 6) is -1.47. The average molecular weight is 495 g/mol. The SMILES string of the molecule is COCc1ccccc1S(=O)(=O)Nc1ccc(C(F)(F)F)cc1OCc1ccc(C(=O)O)cc1. The van der Waals surface area contributed by atoms with Crippen LogP contribution in [0.15, 0.2) is 71.6 Å². The number of hydrogen-bond donors (Lipinski definition) is 2. The number of carboxylic acids is 1. The van der Waals surface area contributed by atoms with Crippen LogP contribution in [0.4, 0.5) is 18.9 Å². The summed E-state index contributed by atoms with van der Waals surface area (Å²) in [6, 6.07) is 14.0. The molecule has 7 nitrogen and oxygen atoms in total. The molecule has 0 heterocycles. The molecular weight excluding hydrogens is 475 g/mol. The Labute approximate surface area is 193 Å². The molecule has 3 rings (SSSR count). The van der Waals surface area contributed by atoms with Gasteiger partial charge in [0, 0.05) is 7.11 Å². The minimum absolute atomic E-state index is 0.0137. The Morgan fingerprint density at radius 2 is 1.68 bits per heavy atom. The number of hydrogen-bond acceptors (Lipinski definition) is 5. The highest BCUT2D eigenvalue weighted by Crippen LogP contribution is 2.36. The van der Waals surface area contributed by atoms with E-state index in [1.54, 1.807) is 12.1 Å². The van der Waals surface area contributed by atoms with Gasteiger partial charge in [0.25, 0.3) is 10.0 Å². The second-order valence-corrected chi connectivity index (χ2v) is 8.80. The van der Waals surface area contributed by atoms with Crippen LogP contribution in [-0.4, -0.2) is 26.6 Å². The van der Waals surface area contributed by atoms with Gasteiger partial charge in [0.2, 0.25) is 0 Å². The molecule has 0 spiro atoms. The van der Waals surface area contributed by atoms with Crippen LogP contribution in [-0.2, 0) is 34.2 Å². The van der Waals surface area contributed by atoms with Crippen LogP contribution in [0.5, 0.6) is 5.75 Å². The van der Waals surface area contributed by atoms with Gasteiger partial charge < -0.3 is 14.6 Å². The lowest BCUT2D eigenvalue weighted by atomic mass is 10.1. The number of methoxy groups -OCH3 is 1. The van der Waals surface area contributed by atoms with Crippen molar-refractivity contribution in [1.82, 2.24) is 0 Å². The molecule has 0 aliphatic heterocycles. The summed E-state index contributed by atoms with van der Waals surface area (Å²) in [7, 11) is -2.79. The highest BCUT2D eigenvalue weighted by molar-refractivity contribution is 7.92. The van der Waals surface area contributed by atoms with Crippen LogP contribution in [0.1, 0.15) is 27.0 Å². The maximum Gasteiger partial charge on any atom is 0.416 e. The molecule has 180 valence electrons. The Morgan fingerprint density at radius 1 is 1.00 bits per heavy atom. The third kappa shape index (κ3) is 6.06. The molecule has 3 aromatic carbocycles. The number of carboxylic acid groups (broad SMARTS) is 1. The third-order valence-electron chi connectivity index (χ3n) is 4.71. The molecule has 0 aliphatic carbocycles. The fourth-order valence-electron chi connectivity index (χ4n) is 3.05. The highest BCUT2D eigenvalue weighted by Gasteiger charge is 2.32. The molecule has 3 aromatic rings. The van der Waals surface area contributed by atoms with E-state index in [-0.39, 0.29) is 35.1 Å². The number of ether oxygens (including phenoxy) is 2. The molecule has 0 saturated heterocycles. The summed E-state index contributed by atoms with van der Waals surface area (Å²) >= 11 is 0. The monoisotopic (exact) mass is 495 g/mol. The Balaban J connectivity index is 1.93. The van der Waals surface area contributed by atoms with E-state index < -0.39 is 27.7 Å². The molecule has 11 heteroatoms. The van der Waals surface area contributed by atoms with Gasteiger partial charge in [0.15, 0.2) is 0 Å². The minimum atomic E-state index is -4.68. The standard InChI is InChI=1S/C23H20F3NO6S/c1-32-14-17-4-2-3-5-21(17)34(30,31)27-19-11-10-18(23(24,25)26)12-20(19)33-13-15-6-8-16(9-7-15)22(28)29/h2-12,27H,13-14H2,1H3,(H,28,29). The van der Waals surface area contributed by atoms with Gasteiger partial charge in [-0.3, -0.25) is 4.72 Å². The number of alkyl halides is 3. The average Bonchev–Trinajstić information content (AvgIpc) is 2.78. The van der Waals surface area contributed by atoms with Gasteiger partial charge in [-0.15, -0.1) is 0 Å². The second kappa shape index (κ2) is 10.1. The first-order valence-corrected chi connectivity index (χ1v) is 11.3. The molecule has 0 saturated carbocycles. The van der Waals surface area contributed by atoms with E-state index in [9.17, 15) is 26.4 Å². The van der Waals surface area contributed by atoms with Crippen molar-refractivity contribution >= 4 is 21.7 Å². The summed E-state index contributed by atoms with van der Waals surface area (Å²) in [5, 5.41) is 8.97. The number of rotatable bonds is 9. The Morgan fingerprint density at radius 3 is 2.29 bits per heavy atom. The fourth-order valence-corrected chi connectivity index (χ4v) is 4.35. The largest absolute Gasteiger partial charge is 0.487 e. The van der Waals surface area contributed by atoms with Gasteiger partial charge in [-0.2, -0.15) is 13.2 Å². The summed E-state index contributed by atoms with van der Waals surface area (Å²) in [4.78, 5) is 10.9. The van der Waals surface area contributed by atoms with Crippen LogP contribution < -0.4 is 9.46 Å². The number of sulfonamides is 1. The van der Waals surface area contributed by atoms with Crippen molar-refractivity contribution in [3.05, 3.63) is 89.0 Å². The first-order chi connectivity index (χ1) is 16.0. The van der Waals surface area contributed by atoms with Crippen molar-refractivity contribution in [2.75, 3.05) is 11.8 Å². The molecule has 0 bridgehead atoms. The first-order valence-electron chi connectivity index (χ1n) is 9.77. The predicted octanol–water partition coefficient (Wildman–Crippen LogP) is 4.93. The van der Waals surface area contributed by atoms with Crippen LogP contribution >= 0.6 is 0 Å². The van der Waals surface area contributed by atoms with Crippen molar-refractivity contribution < 1.29 is 41.0 Å². The third-order valence-corrected chi connectivity index (χ3v) is 6.18. The maximum atomic E-state index is 13.3. The van der Waals surface area contributed by atoms with E-state index in [4.69, 9.17) is 14.6 Å². The van der Waals surface area contributed by atoms with Crippen LogP contribution in [0.25, 0.3) is 0 Å². The number of nitrogens with one attached hydrogen (secondary N) is 1. The van der Waals surface area contributed by atoms with E-state index in [0.717, 1.165) is 12.1 Å². The van der Waals surface area contributed by atoms with Gasteiger partial charge in [0.1, 0.15) is 12.4 Å². The molecular formula is C23H20F3NO6S. The highest BCUT2D eigenvalue weighted by atomic mass is 32.2. The van der Waals surface area contributed by atoms with E-state index in [1.165, 1.54) is 43.5 Å². The Bertz CT molecular complexity index is 1270. The number of halogens is 3. The zero-order chi connectivity index (χ0) is 24.9. The Hall–Kier alpha value is -3.57. The number of carbonyl (C=O) groups is 1. The van der Waals surface area contributed by atoms with E-state index in [2.05, 4.69) is 4.72 Å². The lowest BCUT2D eigenvalue weighted by Crippen LogP contribution is -2.16. The Kier molecular flexibility index (Phi) is 7.48. The minimum Gasteiger partial charge on any atom is -0.487 e. The molecule has 0 radical (unpaired) electrons. The van der Waals surface area contributed by atoms with Crippen molar-refractivity contribution in [2.24, 2.45) is 0 Å². The topological polar surface area (TPSA) is 102 Å². The van der Waals surface area contributed by atoms with Gasteiger partial charge in [-0.1, -0.05) is 30.3 Å². The molecule has 34 heavy (non-hydrogen) atoms. The van der Waals surface area contributed by atoms with Crippen molar-refractivity contribution in [2.45, 2.75) is 24.3 Å². The van der Waals surface area contributed by atoms with Gasteiger partial charge >= 0.3 is 12.1 Å². The summed E-state index contributed by atoms with van der Waals surface area (Å²) in [6.07, 6.45) is -4.68. The summed E-state index contributed by atoms with van der Waals surface area (Å²) in [6.45, 7) is -0.212. The lowest BCUT2D eigenvalue weighted by Gasteiger charge is -2.17. The van der Waals surface area contributed by atoms with Crippen molar-refractivity contribution in [1.29, 1.82) is 0 Å². The molecule has 0 amide bonds. The van der Waals surface area contributed by atoms with Crippen molar-refractivity contribution in [3.8, 4) is 5.75 Å². The number of anilines is 1. The van der Waals surface area contributed by atoms with Crippen LogP contribution in [0.2, 0.25) is 0 Å². The number of aromatic carboxylic acids is 1. The fraction of sp³-hybridized carbons (Fsp3) is 0.174. The van der Waals surface area contributed by atoms with E-state index in [0.29, 0.717) is 17.2 Å². The van der Waals surface area contributed by atoms with Crippen LogP contribution in [0.3, 0.4) is 0 Å². The lowest BCUT2D eigenvalue weighted by molar-refractivity contribution is -0.137. The molecule has 0 atom stereocenters. The second-order valence-electron chi connectivity index (χ2n) is 7.15. The molecule has 0 aliphatic rings. The zero-order valence-corrected chi connectivity index (χ0v) is 18.6. The molecule has 0 unspecified atom stereocenters. The van der Waals surface area contributed by atoms with Gasteiger partial charge in [-0.25, -0.2) is 13.2 Å². The molecule has 0 aromatic heterocycles.